The van der Waals surface area contributed by atoms with Crippen molar-refractivity contribution in [2.45, 2.75) is 39.5 Å². The Morgan fingerprint density at radius 2 is 1.78 bits per heavy atom. The van der Waals surface area contributed by atoms with Crippen molar-refractivity contribution in [2.24, 2.45) is 0 Å². The number of benzene rings is 2. The zero-order chi connectivity index (χ0) is 19.9. The predicted molar refractivity (Wildman–Crippen MR) is 108 cm³/mol. The zero-order valence-corrected chi connectivity index (χ0v) is 16.5. The van der Waals surface area contributed by atoms with Crippen LogP contribution in [0.4, 0.5) is 5.69 Å². The van der Waals surface area contributed by atoms with E-state index in [-0.39, 0.29) is 23.8 Å². The van der Waals surface area contributed by atoms with E-state index in [1.54, 1.807) is 24.3 Å². The van der Waals surface area contributed by atoms with Gasteiger partial charge < -0.3 is 15.4 Å². The van der Waals surface area contributed by atoms with E-state index in [1.807, 2.05) is 31.2 Å². The minimum absolute atomic E-state index is 0.0761. The van der Waals surface area contributed by atoms with Crippen LogP contribution in [0.3, 0.4) is 0 Å². The van der Waals surface area contributed by atoms with E-state index in [4.69, 9.17) is 4.74 Å². The average Bonchev–Trinajstić information content (AvgIpc) is 2.64. The van der Waals surface area contributed by atoms with Crippen molar-refractivity contribution in [3.8, 4) is 5.75 Å². The second-order valence-corrected chi connectivity index (χ2v) is 7.42. The smallest absolute Gasteiger partial charge is 0.262 e. The lowest BCUT2D eigenvalue weighted by Crippen LogP contribution is -2.24. The molecule has 0 unspecified atom stereocenters. The fraction of sp³-hybridized carbons (Fsp3) is 0.364. The highest BCUT2D eigenvalue weighted by atomic mass is 16.5. The minimum atomic E-state index is -0.273. The molecule has 0 aromatic heterocycles. The summed E-state index contributed by atoms with van der Waals surface area (Å²) in [5, 5.41) is 5.60. The van der Waals surface area contributed by atoms with E-state index in [2.05, 4.69) is 31.4 Å². The Balaban J connectivity index is 1.98. The third-order valence-corrected chi connectivity index (χ3v) is 4.00. The summed E-state index contributed by atoms with van der Waals surface area (Å²) in [6.07, 6.45) is 0.871. The molecule has 144 valence electrons. The fourth-order valence-corrected chi connectivity index (χ4v) is 2.63. The molecule has 5 heteroatoms. The van der Waals surface area contributed by atoms with Crippen molar-refractivity contribution in [2.75, 3.05) is 18.5 Å². The van der Waals surface area contributed by atoms with Gasteiger partial charge in [-0.05, 0) is 41.7 Å². The summed E-state index contributed by atoms with van der Waals surface area (Å²) in [6.45, 7) is 8.82. The van der Waals surface area contributed by atoms with Gasteiger partial charge in [-0.15, -0.1) is 0 Å². The van der Waals surface area contributed by atoms with Crippen molar-refractivity contribution in [1.82, 2.24) is 5.32 Å². The molecular weight excluding hydrogens is 340 g/mol. The fourth-order valence-electron chi connectivity index (χ4n) is 2.63. The first-order chi connectivity index (χ1) is 12.8. The molecule has 2 aromatic rings. The van der Waals surface area contributed by atoms with E-state index < -0.39 is 0 Å². The Morgan fingerprint density at radius 3 is 2.48 bits per heavy atom. The molecule has 0 bridgehead atoms. The number of nitrogens with one attached hydrogen (secondary N) is 2. The molecule has 0 fully saturated rings. The summed E-state index contributed by atoms with van der Waals surface area (Å²) in [7, 11) is 0. The van der Waals surface area contributed by atoms with Crippen LogP contribution in [-0.4, -0.2) is 25.0 Å². The van der Waals surface area contributed by atoms with Crippen molar-refractivity contribution < 1.29 is 14.3 Å². The van der Waals surface area contributed by atoms with Gasteiger partial charge >= 0.3 is 0 Å². The molecule has 0 saturated heterocycles. The molecule has 0 aliphatic carbocycles. The molecule has 2 amide bonds. The van der Waals surface area contributed by atoms with Gasteiger partial charge in [-0.2, -0.15) is 0 Å². The summed E-state index contributed by atoms with van der Waals surface area (Å²) in [4.78, 5) is 24.3. The van der Waals surface area contributed by atoms with Crippen molar-refractivity contribution >= 4 is 17.5 Å². The third-order valence-electron chi connectivity index (χ3n) is 4.00. The molecule has 0 aliphatic heterocycles. The summed E-state index contributed by atoms with van der Waals surface area (Å²) < 4.78 is 5.74. The molecular formula is C22H28N2O3. The second-order valence-electron chi connectivity index (χ2n) is 7.42. The number of amides is 2. The van der Waals surface area contributed by atoms with Gasteiger partial charge in [-0.1, -0.05) is 52.0 Å². The average molecular weight is 368 g/mol. The molecule has 2 aromatic carbocycles. The normalized spacial score (nSPS) is 11.0. The Bertz CT molecular complexity index is 794. The zero-order valence-electron chi connectivity index (χ0n) is 16.5. The van der Waals surface area contributed by atoms with E-state index in [0.29, 0.717) is 23.5 Å². The van der Waals surface area contributed by atoms with Crippen LogP contribution in [0.1, 0.15) is 50.0 Å². The molecule has 0 heterocycles. The third kappa shape index (κ3) is 6.13. The van der Waals surface area contributed by atoms with E-state index in [0.717, 1.165) is 12.0 Å². The van der Waals surface area contributed by atoms with Crippen LogP contribution in [0.5, 0.6) is 5.75 Å². The molecule has 27 heavy (non-hydrogen) atoms. The lowest BCUT2D eigenvalue weighted by molar-refractivity contribution is -0.118. The standard InChI is InChI=1S/C22H28N2O3/c1-5-13-23-21(26)16-9-8-10-17(14-16)24-20(25)15-27-19-12-7-6-11-18(19)22(2,3)4/h6-12,14H,5,13,15H2,1-4H3,(H,23,26)(H,24,25). The Kier molecular flexibility index (Phi) is 6.99. The predicted octanol–water partition coefficient (Wildman–Crippen LogP) is 4.14. The first kappa shape index (κ1) is 20.5. The highest BCUT2D eigenvalue weighted by molar-refractivity contribution is 5.97. The Hall–Kier alpha value is -2.82. The summed E-state index contributed by atoms with van der Waals surface area (Å²) in [5.74, 6) is 0.279. The molecule has 2 rings (SSSR count). The van der Waals surface area contributed by atoms with E-state index >= 15 is 0 Å². The van der Waals surface area contributed by atoms with Gasteiger partial charge in [-0.25, -0.2) is 0 Å². The van der Waals surface area contributed by atoms with Crippen molar-refractivity contribution in [3.63, 3.8) is 0 Å². The van der Waals surface area contributed by atoms with Gasteiger partial charge in [0.25, 0.3) is 11.8 Å². The number of carbonyl (C=O) groups is 2. The number of ether oxygens (including phenoxy) is 1. The highest BCUT2D eigenvalue weighted by Crippen LogP contribution is 2.30. The molecule has 0 saturated carbocycles. The van der Waals surface area contributed by atoms with Crippen LogP contribution in [0.25, 0.3) is 0 Å². The van der Waals surface area contributed by atoms with Crippen LogP contribution in [0.15, 0.2) is 48.5 Å². The summed E-state index contributed by atoms with van der Waals surface area (Å²) >= 11 is 0. The van der Waals surface area contributed by atoms with Gasteiger partial charge in [0.2, 0.25) is 0 Å². The van der Waals surface area contributed by atoms with E-state index in [9.17, 15) is 9.59 Å². The lowest BCUT2D eigenvalue weighted by Gasteiger charge is -2.22. The molecule has 0 radical (unpaired) electrons. The second kappa shape index (κ2) is 9.21. The Morgan fingerprint density at radius 1 is 1.04 bits per heavy atom. The van der Waals surface area contributed by atoms with E-state index in [1.165, 1.54) is 0 Å². The topological polar surface area (TPSA) is 67.4 Å². The van der Waals surface area contributed by atoms with Gasteiger partial charge in [-0.3, -0.25) is 9.59 Å². The molecule has 0 aliphatic rings. The maximum absolute atomic E-state index is 12.3. The van der Waals surface area contributed by atoms with Gasteiger partial charge in [0.05, 0.1) is 0 Å². The molecule has 0 atom stereocenters. The van der Waals surface area contributed by atoms with Crippen LogP contribution in [0, 0.1) is 0 Å². The van der Waals surface area contributed by atoms with Crippen LogP contribution >= 0.6 is 0 Å². The minimum Gasteiger partial charge on any atom is -0.483 e. The summed E-state index contributed by atoms with van der Waals surface area (Å²) in [6, 6.07) is 14.6. The number of para-hydroxylation sites is 1. The van der Waals surface area contributed by atoms with Gasteiger partial charge in [0.15, 0.2) is 6.61 Å². The maximum atomic E-state index is 12.3. The monoisotopic (exact) mass is 368 g/mol. The van der Waals surface area contributed by atoms with Crippen LogP contribution in [-0.2, 0) is 10.2 Å². The number of hydrogen-bond donors (Lipinski definition) is 2. The maximum Gasteiger partial charge on any atom is 0.262 e. The van der Waals surface area contributed by atoms with Crippen LogP contribution in [0.2, 0.25) is 0 Å². The quantitative estimate of drug-likeness (QED) is 0.772. The highest BCUT2D eigenvalue weighted by Gasteiger charge is 2.19. The van der Waals surface area contributed by atoms with Gasteiger partial charge in [0, 0.05) is 17.8 Å². The number of rotatable bonds is 7. The molecule has 0 spiro atoms. The molecule has 5 nitrogen and oxygen atoms in total. The van der Waals surface area contributed by atoms with Gasteiger partial charge in [0.1, 0.15) is 5.75 Å². The largest absolute Gasteiger partial charge is 0.483 e. The number of anilines is 1. The first-order valence-electron chi connectivity index (χ1n) is 9.21. The first-order valence-corrected chi connectivity index (χ1v) is 9.21. The number of hydrogen-bond acceptors (Lipinski definition) is 3. The Labute approximate surface area is 161 Å². The van der Waals surface area contributed by atoms with Crippen molar-refractivity contribution in [3.05, 3.63) is 59.7 Å². The van der Waals surface area contributed by atoms with Crippen LogP contribution < -0.4 is 15.4 Å². The van der Waals surface area contributed by atoms with Crippen molar-refractivity contribution in [1.29, 1.82) is 0 Å². The summed E-state index contributed by atoms with van der Waals surface area (Å²) in [5.41, 5.74) is 2.05. The number of carbonyl (C=O) groups excluding carboxylic acids is 2. The molecule has 2 N–H and O–H groups in total. The SMILES string of the molecule is CCCNC(=O)c1cccc(NC(=O)COc2ccccc2C(C)(C)C)c1. The lowest BCUT2D eigenvalue weighted by atomic mass is 9.86.